The van der Waals surface area contributed by atoms with E-state index in [-0.39, 0.29) is 18.4 Å². The molecule has 0 saturated carbocycles. The fourth-order valence-corrected chi connectivity index (χ4v) is 4.13. The van der Waals surface area contributed by atoms with Gasteiger partial charge < -0.3 is 9.84 Å². The molecule has 2 saturated heterocycles. The van der Waals surface area contributed by atoms with Gasteiger partial charge in [0.15, 0.2) is 0 Å². The number of benzene rings is 1. The van der Waals surface area contributed by atoms with Crippen molar-refractivity contribution in [3.63, 3.8) is 0 Å². The van der Waals surface area contributed by atoms with Crippen molar-refractivity contribution in [2.75, 3.05) is 11.5 Å². The van der Waals surface area contributed by atoms with Crippen LogP contribution in [0.3, 0.4) is 0 Å². The number of amides is 2. The highest BCUT2D eigenvalue weighted by Crippen LogP contribution is 2.57. The van der Waals surface area contributed by atoms with Crippen LogP contribution in [0.4, 0.5) is 5.69 Å². The lowest BCUT2D eigenvalue weighted by Gasteiger charge is -2.27. The van der Waals surface area contributed by atoms with Crippen LogP contribution in [0.2, 0.25) is 5.02 Å². The summed E-state index contributed by atoms with van der Waals surface area (Å²) in [6.45, 7) is 1.43. The summed E-state index contributed by atoms with van der Waals surface area (Å²) in [4.78, 5) is 26.9. The van der Waals surface area contributed by atoms with E-state index in [0.717, 1.165) is 4.90 Å². The van der Waals surface area contributed by atoms with Crippen LogP contribution in [0.1, 0.15) is 6.92 Å². The predicted molar refractivity (Wildman–Crippen MR) is 79.4 cm³/mol. The minimum atomic E-state index is -1.11. The van der Waals surface area contributed by atoms with E-state index in [0.29, 0.717) is 10.7 Å². The Morgan fingerprint density at radius 1 is 1.23 bits per heavy atom. The van der Waals surface area contributed by atoms with Gasteiger partial charge in [-0.2, -0.15) is 0 Å². The zero-order valence-corrected chi connectivity index (χ0v) is 12.6. The number of imide groups is 1. The highest BCUT2D eigenvalue weighted by atomic mass is 35.5. The molecule has 0 aliphatic carbocycles. The van der Waals surface area contributed by atoms with Crippen LogP contribution in [0.15, 0.2) is 36.4 Å². The first-order valence-corrected chi connectivity index (χ1v) is 7.45. The normalized spacial score (nSPS) is 39.0. The molecule has 2 fully saturated rings. The molecule has 6 heteroatoms. The molecule has 5 nitrogen and oxygen atoms in total. The Morgan fingerprint density at radius 2 is 1.91 bits per heavy atom. The van der Waals surface area contributed by atoms with E-state index in [4.69, 9.17) is 16.3 Å². The van der Waals surface area contributed by atoms with Gasteiger partial charge in [0.1, 0.15) is 5.60 Å². The number of aliphatic hydroxyl groups is 1. The molecule has 1 aromatic rings. The lowest BCUT2D eigenvalue weighted by Crippen LogP contribution is -2.43. The lowest BCUT2D eigenvalue weighted by molar-refractivity contribution is -0.131. The van der Waals surface area contributed by atoms with Gasteiger partial charge >= 0.3 is 0 Å². The van der Waals surface area contributed by atoms with Gasteiger partial charge in [0.2, 0.25) is 11.8 Å². The van der Waals surface area contributed by atoms with E-state index < -0.39 is 23.0 Å². The molecule has 2 bridgehead atoms. The number of carbonyl (C=O) groups is 2. The first kappa shape index (κ1) is 13.9. The van der Waals surface area contributed by atoms with Gasteiger partial charge in [0.05, 0.1) is 34.8 Å². The second-order valence-electron chi connectivity index (χ2n) is 6.15. The van der Waals surface area contributed by atoms with E-state index >= 15 is 0 Å². The van der Waals surface area contributed by atoms with Crippen molar-refractivity contribution in [3.8, 4) is 0 Å². The second-order valence-corrected chi connectivity index (χ2v) is 6.56. The van der Waals surface area contributed by atoms with E-state index in [9.17, 15) is 14.7 Å². The molecule has 22 heavy (non-hydrogen) atoms. The fourth-order valence-electron chi connectivity index (χ4n) is 3.91. The van der Waals surface area contributed by atoms with Gasteiger partial charge in [-0.05, 0) is 19.1 Å². The summed E-state index contributed by atoms with van der Waals surface area (Å²) in [7, 11) is 0. The molecular weight excluding hydrogens is 306 g/mol. The Balaban J connectivity index is 1.84. The molecule has 114 valence electrons. The maximum atomic E-state index is 12.9. The maximum absolute atomic E-state index is 12.9. The van der Waals surface area contributed by atoms with Gasteiger partial charge in [-0.25, -0.2) is 4.90 Å². The first-order chi connectivity index (χ1) is 10.4. The van der Waals surface area contributed by atoms with Crippen LogP contribution in [-0.4, -0.2) is 34.7 Å². The van der Waals surface area contributed by atoms with Gasteiger partial charge in [0, 0.05) is 0 Å². The van der Waals surface area contributed by atoms with Crippen LogP contribution >= 0.6 is 11.6 Å². The summed E-state index contributed by atoms with van der Waals surface area (Å²) in [5, 5.41) is 10.1. The number of hydrogen-bond acceptors (Lipinski definition) is 4. The number of nitrogens with zero attached hydrogens (tertiary/aromatic N) is 1. The van der Waals surface area contributed by atoms with Crippen molar-refractivity contribution in [2.45, 2.75) is 18.1 Å². The number of rotatable bonds is 2. The number of ether oxygens (including phenoxy) is 1. The average molecular weight is 320 g/mol. The van der Waals surface area contributed by atoms with Crippen molar-refractivity contribution in [1.82, 2.24) is 0 Å². The molecule has 1 N–H and O–H groups in total. The third kappa shape index (κ3) is 1.46. The first-order valence-electron chi connectivity index (χ1n) is 7.07. The number of halogens is 1. The Bertz CT molecular complexity index is 733. The molecule has 3 aliphatic heterocycles. The van der Waals surface area contributed by atoms with Gasteiger partial charge in [0.25, 0.3) is 0 Å². The Morgan fingerprint density at radius 3 is 2.59 bits per heavy atom. The molecular formula is C16H14ClNO4. The number of carbonyl (C=O) groups excluding carboxylic acids is 2. The minimum Gasteiger partial charge on any atom is -0.393 e. The SMILES string of the molecule is C[C@]12C=C[C@@](CO)(O1)[C@@H]1C(=O)N(c3ccccc3Cl)C(=O)[C@@H]12. The standard InChI is InChI=1S/C16H14ClNO4/c1-15-6-7-16(8-19,22-15)12-11(15)13(20)18(14(12)21)10-5-3-2-4-9(10)17/h2-7,11-12,19H,8H2,1H3/t11-,12+,15-,16+/m1/s1. The molecule has 4 rings (SSSR count). The summed E-state index contributed by atoms with van der Waals surface area (Å²) < 4.78 is 5.86. The largest absolute Gasteiger partial charge is 0.393 e. The average Bonchev–Trinajstić information content (AvgIpc) is 3.07. The van der Waals surface area contributed by atoms with E-state index in [1.165, 1.54) is 0 Å². The quantitative estimate of drug-likeness (QED) is 0.663. The van der Waals surface area contributed by atoms with Crippen molar-refractivity contribution in [3.05, 3.63) is 41.4 Å². The molecule has 2 amide bonds. The highest BCUT2D eigenvalue weighted by molar-refractivity contribution is 6.36. The molecule has 0 spiro atoms. The zero-order chi connectivity index (χ0) is 15.7. The lowest BCUT2D eigenvalue weighted by atomic mass is 9.73. The molecule has 0 aromatic heterocycles. The summed E-state index contributed by atoms with van der Waals surface area (Å²) in [6.07, 6.45) is 3.47. The number of para-hydroxylation sites is 1. The van der Waals surface area contributed by atoms with Crippen LogP contribution in [0.5, 0.6) is 0 Å². The summed E-state index contributed by atoms with van der Waals surface area (Å²) >= 11 is 6.14. The van der Waals surface area contributed by atoms with Crippen LogP contribution in [-0.2, 0) is 14.3 Å². The van der Waals surface area contributed by atoms with Crippen LogP contribution < -0.4 is 4.90 Å². The number of aliphatic hydroxyl groups excluding tert-OH is 1. The van der Waals surface area contributed by atoms with Crippen LogP contribution in [0, 0.1) is 11.8 Å². The van der Waals surface area contributed by atoms with Crippen molar-refractivity contribution < 1.29 is 19.4 Å². The van der Waals surface area contributed by atoms with E-state index in [2.05, 4.69) is 0 Å². The van der Waals surface area contributed by atoms with Gasteiger partial charge in [-0.3, -0.25) is 9.59 Å². The number of hydrogen-bond donors (Lipinski definition) is 1. The maximum Gasteiger partial charge on any atom is 0.241 e. The summed E-state index contributed by atoms with van der Waals surface area (Å²) in [6, 6.07) is 6.74. The Labute approximate surface area is 132 Å². The fraction of sp³-hybridized carbons (Fsp3) is 0.375. The Kier molecular flexibility index (Phi) is 2.65. The third-order valence-corrected chi connectivity index (χ3v) is 5.22. The number of fused-ring (bicyclic) bond motifs is 5. The minimum absolute atomic E-state index is 0.328. The smallest absolute Gasteiger partial charge is 0.241 e. The molecule has 4 atom stereocenters. The van der Waals surface area contributed by atoms with Crippen molar-refractivity contribution in [1.29, 1.82) is 0 Å². The van der Waals surface area contributed by atoms with Gasteiger partial charge in [-0.15, -0.1) is 0 Å². The van der Waals surface area contributed by atoms with Gasteiger partial charge in [-0.1, -0.05) is 35.9 Å². The van der Waals surface area contributed by atoms with Crippen molar-refractivity contribution >= 4 is 29.1 Å². The Hall–Kier alpha value is -1.69. The molecule has 3 aliphatic rings. The summed E-state index contributed by atoms with van der Waals surface area (Å²) in [5.41, 5.74) is -1.59. The highest BCUT2D eigenvalue weighted by Gasteiger charge is 2.72. The predicted octanol–water partition coefficient (Wildman–Crippen LogP) is 1.54. The topological polar surface area (TPSA) is 66.8 Å². The molecule has 0 unspecified atom stereocenters. The number of anilines is 1. The third-order valence-electron chi connectivity index (χ3n) is 4.90. The summed E-state index contributed by atoms with van der Waals surface area (Å²) in [5.74, 6) is -2.04. The van der Waals surface area contributed by atoms with Crippen molar-refractivity contribution in [2.24, 2.45) is 11.8 Å². The molecule has 0 radical (unpaired) electrons. The zero-order valence-electron chi connectivity index (χ0n) is 11.8. The van der Waals surface area contributed by atoms with E-state index in [1.807, 2.05) is 0 Å². The second kappa shape index (κ2) is 4.19. The van der Waals surface area contributed by atoms with Crippen LogP contribution in [0.25, 0.3) is 0 Å². The molecule has 1 aromatic carbocycles. The monoisotopic (exact) mass is 319 g/mol. The van der Waals surface area contributed by atoms with E-state index in [1.54, 1.807) is 43.3 Å². The molecule has 3 heterocycles.